The second kappa shape index (κ2) is 17.1. The summed E-state index contributed by atoms with van der Waals surface area (Å²) in [5.41, 5.74) is 15.6. The van der Waals surface area contributed by atoms with Gasteiger partial charge >= 0.3 is 0 Å². The molecule has 0 fully saturated rings. The fourth-order valence-electron chi connectivity index (χ4n) is 11.0. The molecule has 0 N–H and O–H groups in total. The van der Waals surface area contributed by atoms with Crippen LogP contribution in [0.3, 0.4) is 0 Å². The molecular formula is C68H43NS2. The van der Waals surface area contributed by atoms with E-state index in [9.17, 15) is 0 Å². The first-order valence-corrected chi connectivity index (χ1v) is 25.9. The number of rotatable bonds is 8. The van der Waals surface area contributed by atoms with Crippen LogP contribution in [0.15, 0.2) is 261 Å². The van der Waals surface area contributed by atoms with Crippen molar-refractivity contribution in [2.24, 2.45) is 0 Å². The summed E-state index contributed by atoms with van der Waals surface area (Å²) < 4.78 is 5.19. The highest BCUT2D eigenvalue weighted by atomic mass is 32.1. The van der Waals surface area contributed by atoms with Crippen molar-refractivity contribution in [3.63, 3.8) is 0 Å². The second-order valence-corrected chi connectivity index (χ2v) is 20.5. The van der Waals surface area contributed by atoms with Crippen molar-refractivity contribution < 1.29 is 0 Å². The Balaban J connectivity index is 0.927. The van der Waals surface area contributed by atoms with Crippen LogP contribution in [0, 0.1) is 0 Å². The normalized spacial score (nSPS) is 11.7. The molecule has 2 heterocycles. The number of nitrogens with zero attached hydrogens (tertiary/aromatic N) is 1. The zero-order valence-electron chi connectivity index (χ0n) is 38.6. The molecule has 0 spiro atoms. The van der Waals surface area contributed by atoms with Crippen LogP contribution < -0.4 is 4.90 Å². The van der Waals surface area contributed by atoms with Gasteiger partial charge in [-0.25, -0.2) is 0 Å². The average molecular weight is 938 g/mol. The lowest BCUT2D eigenvalue weighted by Crippen LogP contribution is -2.10. The number of fused-ring (bicyclic) bond motifs is 8. The summed E-state index contributed by atoms with van der Waals surface area (Å²) in [5.74, 6) is 0. The summed E-state index contributed by atoms with van der Waals surface area (Å²) in [4.78, 5) is 2.47. The molecule has 2 aromatic heterocycles. The van der Waals surface area contributed by atoms with E-state index >= 15 is 0 Å². The van der Waals surface area contributed by atoms with Crippen LogP contribution in [0.4, 0.5) is 17.1 Å². The number of benzene rings is 12. The van der Waals surface area contributed by atoms with E-state index in [1.54, 1.807) is 0 Å². The van der Waals surface area contributed by atoms with E-state index in [1.165, 1.54) is 118 Å². The zero-order chi connectivity index (χ0) is 46.8. The highest BCUT2D eigenvalue weighted by Gasteiger charge is 2.23. The molecule has 12 aromatic carbocycles. The molecule has 71 heavy (non-hydrogen) atoms. The van der Waals surface area contributed by atoms with Gasteiger partial charge in [-0.2, -0.15) is 0 Å². The third kappa shape index (κ3) is 7.04. The van der Waals surface area contributed by atoms with Crippen molar-refractivity contribution in [3.8, 4) is 55.6 Å². The van der Waals surface area contributed by atoms with Crippen LogP contribution in [0.2, 0.25) is 0 Å². The van der Waals surface area contributed by atoms with Gasteiger partial charge in [0.15, 0.2) is 0 Å². The number of hydrogen-bond donors (Lipinski definition) is 0. The SMILES string of the molecule is c1cc(-c2ccc(N(c3ccc(-c4ccccc4-c4cccc5sc6ccccc6c45)cc3)c3ccc(-c4cccc5ccccc45)c4sc5ccccc5c34)cc2)cc(-c2cccc3ccccc23)c1. The van der Waals surface area contributed by atoms with Crippen LogP contribution in [0.5, 0.6) is 0 Å². The number of anilines is 3. The second-order valence-electron chi connectivity index (χ2n) is 18.3. The summed E-state index contributed by atoms with van der Waals surface area (Å²) in [6.07, 6.45) is 0. The molecule has 0 radical (unpaired) electrons. The number of hydrogen-bond acceptors (Lipinski definition) is 3. The Morgan fingerprint density at radius 1 is 0.254 bits per heavy atom. The zero-order valence-corrected chi connectivity index (χ0v) is 40.2. The fourth-order valence-corrected chi connectivity index (χ4v) is 13.4. The Bertz CT molecular complexity index is 4340. The molecule has 0 bridgehead atoms. The lowest BCUT2D eigenvalue weighted by Gasteiger charge is -2.27. The maximum atomic E-state index is 2.47. The van der Waals surface area contributed by atoms with Gasteiger partial charge in [-0.05, 0) is 126 Å². The highest BCUT2D eigenvalue weighted by Crippen LogP contribution is 2.50. The minimum Gasteiger partial charge on any atom is -0.310 e. The van der Waals surface area contributed by atoms with Crippen molar-refractivity contribution in [2.75, 3.05) is 4.90 Å². The highest BCUT2D eigenvalue weighted by molar-refractivity contribution is 7.26. The van der Waals surface area contributed by atoms with E-state index in [1.807, 2.05) is 22.7 Å². The molecule has 332 valence electrons. The van der Waals surface area contributed by atoms with Crippen LogP contribution in [-0.4, -0.2) is 0 Å². The van der Waals surface area contributed by atoms with Crippen molar-refractivity contribution in [1.29, 1.82) is 0 Å². The van der Waals surface area contributed by atoms with E-state index in [2.05, 4.69) is 266 Å². The summed E-state index contributed by atoms with van der Waals surface area (Å²) >= 11 is 3.76. The molecule has 1 nitrogen and oxygen atoms in total. The lowest BCUT2D eigenvalue weighted by atomic mass is 9.92. The van der Waals surface area contributed by atoms with Crippen LogP contribution >= 0.6 is 22.7 Å². The number of thiophene rings is 2. The molecule has 0 aliphatic carbocycles. The van der Waals surface area contributed by atoms with Crippen molar-refractivity contribution >= 4 is 102 Å². The first-order chi connectivity index (χ1) is 35.2. The van der Waals surface area contributed by atoms with Gasteiger partial charge in [0, 0.05) is 57.3 Å². The van der Waals surface area contributed by atoms with Gasteiger partial charge in [-0.3, -0.25) is 0 Å². The molecule has 0 atom stereocenters. The van der Waals surface area contributed by atoms with Gasteiger partial charge in [0.2, 0.25) is 0 Å². The Labute approximate surface area is 420 Å². The molecule has 14 rings (SSSR count). The molecule has 0 aliphatic heterocycles. The van der Waals surface area contributed by atoms with E-state index < -0.39 is 0 Å². The smallest absolute Gasteiger partial charge is 0.0555 e. The van der Waals surface area contributed by atoms with Gasteiger partial charge in [0.05, 0.1) is 5.69 Å². The van der Waals surface area contributed by atoms with E-state index in [0.717, 1.165) is 17.1 Å². The molecule has 3 heteroatoms. The molecular weight excluding hydrogens is 895 g/mol. The van der Waals surface area contributed by atoms with Crippen LogP contribution in [0.25, 0.3) is 118 Å². The Morgan fingerprint density at radius 2 is 0.746 bits per heavy atom. The molecule has 0 aliphatic rings. The average Bonchev–Trinajstić information content (AvgIpc) is 4.03. The molecule has 14 aromatic rings. The van der Waals surface area contributed by atoms with Crippen molar-refractivity contribution in [1.82, 2.24) is 0 Å². The third-order valence-corrected chi connectivity index (χ3v) is 16.6. The van der Waals surface area contributed by atoms with Crippen molar-refractivity contribution in [3.05, 3.63) is 261 Å². The maximum absolute atomic E-state index is 2.47. The monoisotopic (exact) mass is 937 g/mol. The van der Waals surface area contributed by atoms with E-state index in [-0.39, 0.29) is 0 Å². The van der Waals surface area contributed by atoms with Gasteiger partial charge in [-0.1, -0.05) is 206 Å². The van der Waals surface area contributed by atoms with Crippen LogP contribution in [0.1, 0.15) is 0 Å². The Hall–Kier alpha value is -8.60. The molecule has 0 unspecified atom stereocenters. The standard InChI is InChI=1S/C68H43NS2/c1-3-21-52-45(15-1)17-12-27-55(52)49-20-11-19-48(43-49)44-33-37-50(38-34-44)69(62-42-41-59(57-28-13-18-46-16-2-4-22-53(46)57)68-67(62)61-26-8-10-31-64(61)71-68)51-39-35-47(36-40-51)54-23-5-6-24-56(54)58-29-14-32-65-66(58)60-25-7-9-30-63(60)70-65/h1-43H. The van der Waals surface area contributed by atoms with Crippen LogP contribution in [-0.2, 0) is 0 Å². The van der Waals surface area contributed by atoms with E-state index in [4.69, 9.17) is 0 Å². The lowest BCUT2D eigenvalue weighted by molar-refractivity contribution is 1.30. The van der Waals surface area contributed by atoms with Gasteiger partial charge < -0.3 is 4.90 Å². The summed E-state index contributed by atoms with van der Waals surface area (Å²) in [5, 5.41) is 10.2. The Kier molecular flexibility index (Phi) is 9.97. The quantitative estimate of drug-likeness (QED) is 0.147. The first-order valence-electron chi connectivity index (χ1n) is 24.2. The third-order valence-electron chi connectivity index (χ3n) is 14.3. The maximum Gasteiger partial charge on any atom is 0.0555 e. The van der Waals surface area contributed by atoms with Gasteiger partial charge in [0.1, 0.15) is 0 Å². The van der Waals surface area contributed by atoms with Crippen molar-refractivity contribution in [2.45, 2.75) is 0 Å². The fraction of sp³-hybridized carbons (Fsp3) is 0. The topological polar surface area (TPSA) is 3.24 Å². The first kappa shape index (κ1) is 41.4. The minimum atomic E-state index is 1.09. The summed E-state index contributed by atoms with van der Waals surface area (Å²) in [6, 6.07) is 96.2. The summed E-state index contributed by atoms with van der Waals surface area (Å²) in [6.45, 7) is 0. The predicted octanol–water partition coefficient (Wildman–Crippen LogP) is 20.5. The Morgan fingerprint density at radius 3 is 1.48 bits per heavy atom. The van der Waals surface area contributed by atoms with E-state index in [0.29, 0.717) is 0 Å². The van der Waals surface area contributed by atoms with Gasteiger partial charge in [0.25, 0.3) is 0 Å². The van der Waals surface area contributed by atoms with Gasteiger partial charge in [-0.15, -0.1) is 22.7 Å². The molecule has 0 saturated heterocycles. The largest absolute Gasteiger partial charge is 0.310 e. The molecule has 0 amide bonds. The summed E-state index contributed by atoms with van der Waals surface area (Å²) in [7, 11) is 0. The minimum absolute atomic E-state index is 1.09. The molecule has 0 saturated carbocycles. The predicted molar refractivity (Wildman–Crippen MR) is 309 cm³/mol.